The molecule has 0 saturated carbocycles. The third-order valence-electron chi connectivity index (χ3n) is 8.19. The Labute approximate surface area is 241 Å². The fraction of sp³-hybridized carbons (Fsp3) is 0.452. The fourth-order valence-electron chi connectivity index (χ4n) is 5.92. The van der Waals surface area contributed by atoms with Crippen LogP contribution in [0.1, 0.15) is 24.0 Å². The van der Waals surface area contributed by atoms with Gasteiger partial charge in [-0.25, -0.2) is 9.97 Å². The van der Waals surface area contributed by atoms with Gasteiger partial charge in [0.05, 0.1) is 26.0 Å². The van der Waals surface area contributed by atoms with E-state index in [1.165, 1.54) is 11.3 Å². The number of hydrogen-bond acceptors (Lipinski definition) is 9. The number of methoxy groups -OCH3 is 1. The summed E-state index contributed by atoms with van der Waals surface area (Å²) >= 11 is 0. The molecule has 0 radical (unpaired) electrons. The number of morpholine rings is 1. The van der Waals surface area contributed by atoms with Crippen molar-refractivity contribution < 1.29 is 14.3 Å². The first-order chi connectivity index (χ1) is 20.2. The molecule has 10 heteroatoms. The summed E-state index contributed by atoms with van der Waals surface area (Å²) in [4.78, 5) is 27.2. The zero-order valence-electron chi connectivity index (χ0n) is 23.7. The normalized spacial score (nSPS) is 21.8. The third-order valence-corrected chi connectivity index (χ3v) is 8.19. The first kappa shape index (κ1) is 27.4. The summed E-state index contributed by atoms with van der Waals surface area (Å²) in [7, 11) is 1.68. The lowest BCUT2D eigenvalue weighted by Crippen LogP contribution is -2.42. The molecule has 5 heterocycles. The van der Waals surface area contributed by atoms with E-state index in [1.807, 2.05) is 18.2 Å². The lowest BCUT2D eigenvalue weighted by atomic mass is 9.95. The lowest BCUT2D eigenvalue weighted by Gasteiger charge is -2.34. The van der Waals surface area contributed by atoms with Crippen molar-refractivity contribution in [2.45, 2.75) is 25.9 Å². The molecule has 0 atom stereocenters. The van der Waals surface area contributed by atoms with E-state index in [0.29, 0.717) is 25.6 Å². The smallest absolute Gasteiger partial charge is 0.227 e. The molecule has 2 aromatic carbocycles. The van der Waals surface area contributed by atoms with Crippen LogP contribution in [0.4, 0.5) is 17.3 Å². The summed E-state index contributed by atoms with van der Waals surface area (Å²) in [6.07, 6.45) is 3.53. The van der Waals surface area contributed by atoms with Crippen LogP contribution in [0.5, 0.6) is 5.75 Å². The molecule has 4 aliphatic rings. The van der Waals surface area contributed by atoms with E-state index in [2.05, 4.69) is 55.0 Å². The first-order valence-electron chi connectivity index (χ1n) is 14.6. The van der Waals surface area contributed by atoms with Crippen LogP contribution in [0.3, 0.4) is 0 Å². The van der Waals surface area contributed by atoms with Gasteiger partial charge in [0.1, 0.15) is 5.75 Å². The minimum atomic E-state index is 0.0623. The molecule has 10 nitrogen and oxygen atoms in total. The van der Waals surface area contributed by atoms with Gasteiger partial charge in [0.25, 0.3) is 0 Å². The number of anilines is 3. The van der Waals surface area contributed by atoms with Gasteiger partial charge in [0.2, 0.25) is 11.9 Å². The van der Waals surface area contributed by atoms with Crippen LogP contribution in [-0.2, 0) is 22.6 Å². The van der Waals surface area contributed by atoms with E-state index in [1.54, 1.807) is 13.3 Å². The average molecular weight is 558 g/mol. The van der Waals surface area contributed by atoms with Gasteiger partial charge in [-0.2, -0.15) is 0 Å². The summed E-state index contributed by atoms with van der Waals surface area (Å²) in [5.74, 6) is 1.59. The standard InChI is InChI=1S/C31H39N7O3/c1-40-29-5-2-23-18-24(29)20-32-10-11-33-30(39)22-7-12-37(13-8-22)21-25-19-26(35-31-34-9-6-27(23)36-31)3-4-28(25)38-14-16-41-17-15-38/h2-6,9,18-19,22,32H,7-8,10-17,20-21H2,1H3,(H,33,39)(H,34,35,36). The summed E-state index contributed by atoms with van der Waals surface area (Å²) < 4.78 is 11.2. The minimum Gasteiger partial charge on any atom is -0.496 e. The topological polar surface area (TPSA) is 104 Å². The van der Waals surface area contributed by atoms with Crippen LogP contribution in [0.2, 0.25) is 0 Å². The van der Waals surface area contributed by atoms with Crippen LogP contribution < -0.4 is 25.6 Å². The predicted molar refractivity (Wildman–Crippen MR) is 159 cm³/mol. The van der Waals surface area contributed by atoms with Crippen molar-refractivity contribution in [3.8, 4) is 17.0 Å². The van der Waals surface area contributed by atoms with Gasteiger partial charge in [-0.3, -0.25) is 9.69 Å². The zero-order chi connectivity index (χ0) is 28.0. The van der Waals surface area contributed by atoms with Crippen LogP contribution >= 0.6 is 0 Å². The number of nitrogens with zero attached hydrogens (tertiary/aromatic N) is 4. The molecule has 3 aromatic rings. The van der Waals surface area contributed by atoms with Crippen molar-refractivity contribution >= 4 is 23.2 Å². The van der Waals surface area contributed by atoms with Crippen LogP contribution in [0.25, 0.3) is 11.3 Å². The van der Waals surface area contributed by atoms with E-state index in [9.17, 15) is 4.79 Å². The maximum Gasteiger partial charge on any atom is 0.227 e. The Balaban J connectivity index is 1.32. The molecule has 1 amide bonds. The van der Waals surface area contributed by atoms with Gasteiger partial charge in [-0.15, -0.1) is 0 Å². The van der Waals surface area contributed by atoms with E-state index >= 15 is 0 Å². The molecule has 0 spiro atoms. The largest absolute Gasteiger partial charge is 0.496 e. The molecule has 0 aliphatic carbocycles. The minimum absolute atomic E-state index is 0.0623. The van der Waals surface area contributed by atoms with Gasteiger partial charge in [0, 0.05) is 73.9 Å². The Hall–Kier alpha value is -3.73. The molecular weight excluding hydrogens is 518 g/mol. The number of fused-ring (bicyclic) bond motifs is 7. The quantitative estimate of drug-likeness (QED) is 0.438. The Morgan fingerprint density at radius 1 is 0.976 bits per heavy atom. The van der Waals surface area contributed by atoms with Crippen molar-refractivity contribution in [1.82, 2.24) is 25.5 Å². The number of piperidine rings is 1. The molecule has 4 aliphatic heterocycles. The molecule has 216 valence electrons. The molecule has 7 rings (SSSR count). The summed E-state index contributed by atoms with van der Waals surface area (Å²) in [5, 5.41) is 10.0. The second-order valence-corrected chi connectivity index (χ2v) is 10.9. The number of carbonyl (C=O) groups is 1. The highest BCUT2D eigenvalue weighted by molar-refractivity contribution is 5.78. The van der Waals surface area contributed by atoms with Crippen molar-refractivity contribution in [2.75, 3.05) is 69.8 Å². The van der Waals surface area contributed by atoms with Crippen molar-refractivity contribution in [2.24, 2.45) is 5.92 Å². The van der Waals surface area contributed by atoms with Crippen LogP contribution in [-0.4, -0.2) is 80.4 Å². The SMILES string of the molecule is COc1ccc2cc1CNCCNC(=O)C1CCN(CC1)Cc1cc(ccc1N1CCOCC1)Nc1nccc-2n1. The summed E-state index contributed by atoms with van der Waals surface area (Å²) in [5.41, 5.74) is 6.30. The Bertz CT molecular complexity index is 1350. The Morgan fingerprint density at radius 2 is 1.83 bits per heavy atom. The second kappa shape index (κ2) is 12.8. The molecular formula is C31H39N7O3. The monoisotopic (exact) mass is 557 g/mol. The number of carbonyl (C=O) groups excluding carboxylic acids is 1. The number of ether oxygens (including phenoxy) is 2. The molecule has 1 aromatic heterocycles. The number of nitrogens with one attached hydrogen (secondary N) is 3. The van der Waals surface area contributed by atoms with E-state index in [4.69, 9.17) is 14.5 Å². The Morgan fingerprint density at radius 3 is 2.66 bits per heavy atom. The zero-order valence-corrected chi connectivity index (χ0v) is 23.7. The number of rotatable bonds is 2. The van der Waals surface area contributed by atoms with Gasteiger partial charge in [-0.1, -0.05) is 0 Å². The van der Waals surface area contributed by atoms with Gasteiger partial charge >= 0.3 is 0 Å². The van der Waals surface area contributed by atoms with Crippen LogP contribution in [0.15, 0.2) is 48.7 Å². The van der Waals surface area contributed by atoms with Crippen molar-refractivity contribution in [3.05, 3.63) is 59.8 Å². The number of aromatic nitrogens is 2. The number of amides is 1. The first-order valence-corrected chi connectivity index (χ1v) is 14.6. The molecule has 41 heavy (non-hydrogen) atoms. The van der Waals surface area contributed by atoms with E-state index in [0.717, 1.165) is 87.0 Å². The second-order valence-electron chi connectivity index (χ2n) is 10.9. The molecule has 2 fully saturated rings. The van der Waals surface area contributed by atoms with E-state index in [-0.39, 0.29) is 11.8 Å². The summed E-state index contributed by atoms with van der Waals surface area (Å²) in [6, 6.07) is 14.5. The van der Waals surface area contributed by atoms with Crippen LogP contribution in [0, 0.1) is 5.92 Å². The highest BCUT2D eigenvalue weighted by Crippen LogP contribution is 2.30. The van der Waals surface area contributed by atoms with E-state index < -0.39 is 0 Å². The van der Waals surface area contributed by atoms with Crippen molar-refractivity contribution in [3.63, 3.8) is 0 Å². The summed E-state index contributed by atoms with van der Waals surface area (Å²) in [6.45, 7) is 7.77. The average Bonchev–Trinajstić information content (AvgIpc) is 3.01. The highest BCUT2D eigenvalue weighted by Gasteiger charge is 2.26. The Kier molecular flexibility index (Phi) is 8.60. The maximum atomic E-state index is 12.9. The third kappa shape index (κ3) is 6.61. The molecule has 8 bridgehead atoms. The molecule has 0 unspecified atom stereocenters. The number of hydrogen-bond donors (Lipinski definition) is 3. The predicted octanol–water partition coefficient (Wildman–Crippen LogP) is 3.16. The lowest BCUT2D eigenvalue weighted by molar-refractivity contribution is -0.126. The number of benzene rings is 2. The maximum absolute atomic E-state index is 12.9. The van der Waals surface area contributed by atoms with Crippen molar-refractivity contribution in [1.29, 1.82) is 0 Å². The molecule has 3 N–H and O–H groups in total. The van der Waals surface area contributed by atoms with Gasteiger partial charge in [-0.05, 0) is 74.0 Å². The molecule has 2 saturated heterocycles. The highest BCUT2D eigenvalue weighted by atomic mass is 16.5. The van der Waals surface area contributed by atoms with Gasteiger partial charge < -0.3 is 30.3 Å². The van der Waals surface area contributed by atoms with Gasteiger partial charge in [0.15, 0.2) is 0 Å². The fourth-order valence-corrected chi connectivity index (χ4v) is 5.92.